The second-order valence-electron chi connectivity index (χ2n) is 8.03. The largest absolute Gasteiger partial charge is 0.573 e. The SMILES string of the molecule is O=C(NCC1C2CN(CC(O)c3ccccc3Cl)CC12)c1cccc(OC(F)(F)F)c1. The third kappa shape index (κ3) is 5.31. The van der Waals surface area contributed by atoms with Crippen molar-refractivity contribution in [3.63, 3.8) is 0 Å². The Hall–Kier alpha value is -2.29. The van der Waals surface area contributed by atoms with Gasteiger partial charge in [0.2, 0.25) is 0 Å². The molecule has 1 amide bonds. The van der Waals surface area contributed by atoms with Crippen LogP contribution in [0.1, 0.15) is 22.0 Å². The Labute approximate surface area is 182 Å². The molecule has 1 saturated heterocycles. The minimum Gasteiger partial charge on any atom is -0.406 e. The van der Waals surface area contributed by atoms with Crippen LogP contribution in [0, 0.1) is 17.8 Å². The second-order valence-corrected chi connectivity index (χ2v) is 8.44. The molecule has 1 heterocycles. The number of alkyl halides is 3. The Bertz CT molecular complexity index is 944. The van der Waals surface area contributed by atoms with E-state index in [1.54, 1.807) is 6.07 Å². The van der Waals surface area contributed by atoms with Crippen LogP contribution < -0.4 is 10.1 Å². The van der Waals surface area contributed by atoms with Crippen LogP contribution in [0.25, 0.3) is 0 Å². The zero-order valence-corrected chi connectivity index (χ0v) is 17.2. The van der Waals surface area contributed by atoms with Gasteiger partial charge in [-0.3, -0.25) is 9.69 Å². The predicted molar refractivity (Wildman–Crippen MR) is 109 cm³/mol. The number of aliphatic hydroxyl groups is 1. The number of rotatable bonds is 7. The molecule has 4 rings (SSSR count). The summed E-state index contributed by atoms with van der Waals surface area (Å²) in [4.78, 5) is 14.5. The van der Waals surface area contributed by atoms with E-state index in [1.165, 1.54) is 12.1 Å². The fraction of sp³-hybridized carbons (Fsp3) is 0.409. The molecule has 2 aromatic rings. The van der Waals surface area contributed by atoms with Crippen molar-refractivity contribution in [2.75, 3.05) is 26.2 Å². The molecule has 9 heteroatoms. The highest BCUT2D eigenvalue weighted by molar-refractivity contribution is 6.31. The Kier molecular flexibility index (Phi) is 6.14. The highest BCUT2D eigenvalue weighted by Gasteiger charge is 2.55. The van der Waals surface area contributed by atoms with E-state index in [1.807, 2.05) is 18.2 Å². The van der Waals surface area contributed by atoms with Gasteiger partial charge in [0.25, 0.3) is 5.91 Å². The number of carbonyl (C=O) groups excluding carboxylic acids is 1. The molecule has 2 N–H and O–H groups in total. The molecule has 0 radical (unpaired) electrons. The molecule has 31 heavy (non-hydrogen) atoms. The Morgan fingerprint density at radius 3 is 2.58 bits per heavy atom. The van der Waals surface area contributed by atoms with Crippen molar-refractivity contribution in [3.8, 4) is 5.75 Å². The number of benzene rings is 2. The molecule has 3 atom stereocenters. The third-order valence-corrected chi connectivity index (χ3v) is 6.31. The first kappa shape index (κ1) is 21.9. The summed E-state index contributed by atoms with van der Waals surface area (Å²) in [5, 5.41) is 13.8. The first-order valence-corrected chi connectivity index (χ1v) is 10.4. The van der Waals surface area contributed by atoms with E-state index >= 15 is 0 Å². The summed E-state index contributed by atoms with van der Waals surface area (Å²) in [7, 11) is 0. The van der Waals surface area contributed by atoms with Gasteiger partial charge in [-0.05, 0) is 42.0 Å². The number of amides is 1. The molecule has 1 saturated carbocycles. The monoisotopic (exact) mass is 454 g/mol. The van der Waals surface area contributed by atoms with E-state index in [2.05, 4.69) is 15.0 Å². The maximum atomic E-state index is 12.3. The molecular weight excluding hydrogens is 433 g/mol. The van der Waals surface area contributed by atoms with E-state index < -0.39 is 24.1 Å². The summed E-state index contributed by atoms with van der Waals surface area (Å²) in [6.45, 7) is 2.64. The van der Waals surface area contributed by atoms with Gasteiger partial charge in [0.1, 0.15) is 5.75 Å². The number of hydrogen-bond acceptors (Lipinski definition) is 4. The van der Waals surface area contributed by atoms with Gasteiger partial charge in [-0.2, -0.15) is 0 Å². The van der Waals surface area contributed by atoms with Crippen molar-refractivity contribution in [1.82, 2.24) is 10.2 Å². The van der Waals surface area contributed by atoms with Crippen molar-refractivity contribution < 1.29 is 27.8 Å². The van der Waals surface area contributed by atoms with E-state index in [-0.39, 0.29) is 5.56 Å². The van der Waals surface area contributed by atoms with Crippen molar-refractivity contribution in [3.05, 3.63) is 64.7 Å². The van der Waals surface area contributed by atoms with Crippen LogP contribution >= 0.6 is 11.6 Å². The van der Waals surface area contributed by atoms with Gasteiger partial charge in [0, 0.05) is 42.3 Å². The summed E-state index contributed by atoms with van der Waals surface area (Å²) in [5.41, 5.74) is 0.835. The normalized spacial score (nSPS) is 23.8. The first-order valence-electron chi connectivity index (χ1n) is 10.00. The molecular formula is C22H22ClF3N2O3. The number of ether oxygens (including phenoxy) is 1. The number of halogens is 4. The number of β-amino-alcohol motifs (C(OH)–C–C–N with tert-alkyl or cyclic N) is 1. The lowest BCUT2D eigenvalue weighted by atomic mass is 10.1. The van der Waals surface area contributed by atoms with Crippen LogP contribution in [0.15, 0.2) is 48.5 Å². The van der Waals surface area contributed by atoms with Gasteiger partial charge in [0.05, 0.1) is 6.10 Å². The summed E-state index contributed by atoms with van der Waals surface area (Å²) in [6.07, 6.45) is -5.46. The molecule has 3 unspecified atom stereocenters. The van der Waals surface area contributed by atoms with Gasteiger partial charge < -0.3 is 15.2 Å². The summed E-state index contributed by atoms with van der Waals surface area (Å²) >= 11 is 6.15. The zero-order valence-electron chi connectivity index (χ0n) is 16.5. The number of carbonyl (C=O) groups is 1. The lowest BCUT2D eigenvalue weighted by Crippen LogP contribution is -2.32. The first-order chi connectivity index (χ1) is 14.7. The quantitative estimate of drug-likeness (QED) is 0.666. The van der Waals surface area contributed by atoms with Crippen LogP contribution in [0.5, 0.6) is 5.75 Å². The second kappa shape index (κ2) is 8.68. The number of piperidine rings is 1. The lowest BCUT2D eigenvalue weighted by Gasteiger charge is -2.23. The van der Waals surface area contributed by atoms with E-state index in [0.717, 1.165) is 25.2 Å². The fourth-order valence-corrected chi connectivity index (χ4v) is 4.69. The maximum Gasteiger partial charge on any atom is 0.573 e. The van der Waals surface area contributed by atoms with Crippen molar-refractivity contribution >= 4 is 17.5 Å². The summed E-state index contributed by atoms with van der Waals surface area (Å²) in [5.74, 6) is 0.379. The van der Waals surface area contributed by atoms with Crippen LogP contribution in [0.2, 0.25) is 5.02 Å². The molecule has 1 aliphatic heterocycles. The van der Waals surface area contributed by atoms with Crippen molar-refractivity contribution in [2.45, 2.75) is 12.5 Å². The van der Waals surface area contributed by atoms with Gasteiger partial charge in [-0.25, -0.2) is 0 Å². The van der Waals surface area contributed by atoms with Crippen molar-refractivity contribution in [1.29, 1.82) is 0 Å². The molecule has 2 fully saturated rings. The van der Waals surface area contributed by atoms with Gasteiger partial charge >= 0.3 is 6.36 Å². The molecule has 1 aliphatic carbocycles. The molecule has 0 spiro atoms. The topological polar surface area (TPSA) is 61.8 Å². The Morgan fingerprint density at radius 2 is 1.90 bits per heavy atom. The number of nitrogens with one attached hydrogen (secondary N) is 1. The minimum atomic E-state index is -4.80. The third-order valence-electron chi connectivity index (χ3n) is 5.97. The maximum absolute atomic E-state index is 12.3. The van der Waals surface area contributed by atoms with Gasteiger partial charge in [-0.1, -0.05) is 35.9 Å². The zero-order chi connectivity index (χ0) is 22.2. The lowest BCUT2D eigenvalue weighted by molar-refractivity contribution is -0.274. The van der Waals surface area contributed by atoms with Crippen LogP contribution in [0.4, 0.5) is 13.2 Å². The highest BCUT2D eigenvalue weighted by atomic mass is 35.5. The van der Waals surface area contributed by atoms with Crippen LogP contribution in [-0.4, -0.2) is 48.5 Å². The highest BCUT2D eigenvalue weighted by Crippen LogP contribution is 2.51. The number of nitrogens with zero attached hydrogens (tertiary/aromatic N) is 1. The molecule has 0 bridgehead atoms. The smallest absolute Gasteiger partial charge is 0.406 e. The standard InChI is InChI=1S/C22H22ClF3N2O3/c23-19-7-2-1-6-15(19)20(29)12-28-10-17-16(18(17)11-28)9-27-21(30)13-4-3-5-14(8-13)31-22(24,25)26/h1-8,16-18,20,29H,9-12H2,(H,27,30). The van der Waals surface area contributed by atoms with E-state index in [4.69, 9.17) is 11.6 Å². The van der Waals surface area contributed by atoms with Crippen LogP contribution in [0.3, 0.4) is 0 Å². The molecule has 5 nitrogen and oxygen atoms in total. The number of aliphatic hydroxyl groups excluding tert-OH is 1. The minimum absolute atomic E-state index is 0.122. The summed E-state index contributed by atoms with van der Waals surface area (Å²) in [6, 6.07) is 12.3. The van der Waals surface area contributed by atoms with Gasteiger partial charge in [-0.15, -0.1) is 13.2 Å². The molecule has 2 aliphatic rings. The average Bonchev–Trinajstić information content (AvgIpc) is 3.16. The molecule has 166 valence electrons. The number of hydrogen-bond donors (Lipinski definition) is 2. The number of fused-ring (bicyclic) bond motifs is 1. The predicted octanol–water partition coefficient (Wildman–Crippen LogP) is 3.88. The van der Waals surface area contributed by atoms with E-state index in [9.17, 15) is 23.1 Å². The fourth-order valence-electron chi connectivity index (χ4n) is 4.42. The van der Waals surface area contributed by atoms with Crippen LogP contribution in [-0.2, 0) is 0 Å². The molecule has 2 aromatic carbocycles. The Balaban J connectivity index is 1.23. The van der Waals surface area contributed by atoms with Gasteiger partial charge in [0.15, 0.2) is 0 Å². The average molecular weight is 455 g/mol. The van der Waals surface area contributed by atoms with Crippen molar-refractivity contribution in [2.24, 2.45) is 17.8 Å². The van der Waals surface area contributed by atoms with E-state index in [0.29, 0.717) is 41.4 Å². The number of likely N-dealkylation sites (tertiary alicyclic amines) is 1. The Morgan fingerprint density at radius 1 is 1.19 bits per heavy atom. The molecule has 0 aromatic heterocycles. The summed E-state index contributed by atoms with van der Waals surface area (Å²) < 4.78 is 40.9.